The minimum absolute atomic E-state index is 0.0429. The summed E-state index contributed by atoms with van der Waals surface area (Å²) in [5.74, 6) is 1.39. The first kappa shape index (κ1) is 27.2. The summed E-state index contributed by atoms with van der Waals surface area (Å²) >= 11 is 0. The van der Waals surface area contributed by atoms with Crippen molar-refractivity contribution in [2.75, 3.05) is 6.54 Å². The van der Waals surface area contributed by atoms with Gasteiger partial charge in [-0.05, 0) is 25.7 Å². The van der Waals surface area contributed by atoms with Crippen molar-refractivity contribution in [2.24, 2.45) is 11.7 Å². The Labute approximate surface area is 175 Å². The maximum atomic E-state index is 12.5. The van der Waals surface area contributed by atoms with Crippen LogP contribution in [0, 0.1) is 0 Å². The van der Waals surface area contributed by atoms with Crippen molar-refractivity contribution in [3.05, 3.63) is 0 Å². The van der Waals surface area contributed by atoms with Crippen molar-refractivity contribution < 1.29 is 43.8 Å². The largest absolute Gasteiger partial charge is 0.474 e. The third-order valence-electron chi connectivity index (χ3n) is 3.81. The molecule has 0 aromatic heterocycles. The van der Waals surface area contributed by atoms with E-state index in [1.165, 1.54) is 0 Å². The lowest BCUT2D eigenvalue weighted by molar-refractivity contribution is -0.151. The van der Waals surface area contributed by atoms with Crippen LogP contribution in [0.4, 0.5) is 0 Å². The number of hydrogen-bond acceptors (Lipinski definition) is 9. The average Bonchev–Trinajstić information content (AvgIpc) is 2.73. The first-order valence-electron chi connectivity index (χ1n) is 8.88. The number of carbonyl (C=O) groups excluding carboxylic acids is 5. The van der Waals surface area contributed by atoms with E-state index in [9.17, 15) is 33.6 Å². The lowest BCUT2D eigenvalue weighted by Gasteiger charge is -2.22. The molecule has 11 N–H and O–H groups in total. The second kappa shape index (κ2) is 14.2. The van der Waals surface area contributed by atoms with Gasteiger partial charge in [0.25, 0.3) is 5.91 Å². The smallest absolute Gasteiger partial charge is 0.394 e. The van der Waals surface area contributed by atoms with Gasteiger partial charge in [0.05, 0.1) is 0 Å². The van der Waals surface area contributed by atoms with Crippen molar-refractivity contribution in [3.63, 3.8) is 0 Å². The number of unbranched alkanes of at least 4 members (excludes halogenated alkanes) is 1. The van der Waals surface area contributed by atoms with Crippen LogP contribution >= 0.6 is 0 Å². The van der Waals surface area contributed by atoms with Gasteiger partial charge < -0.3 is 26.2 Å². The van der Waals surface area contributed by atoms with E-state index in [1.807, 2.05) is 10.7 Å². The fourth-order valence-corrected chi connectivity index (χ4v) is 2.23. The van der Waals surface area contributed by atoms with Gasteiger partial charge in [-0.3, -0.25) is 34.8 Å². The van der Waals surface area contributed by atoms with Gasteiger partial charge in [0.1, 0.15) is 12.1 Å². The first-order chi connectivity index (χ1) is 14.5. The molecule has 16 heteroatoms. The van der Waals surface area contributed by atoms with Crippen LogP contribution in [0.3, 0.4) is 0 Å². The zero-order valence-corrected chi connectivity index (χ0v) is 16.3. The number of carboxylic acids is 2. The van der Waals surface area contributed by atoms with Crippen LogP contribution in [0.15, 0.2) is 0 Å². The molecule has 0 saturated carbocycles. The summed E-state index contributed by atoms with van der Waals surface area (Å²) in [6.45, 7) is -0.0429. The van der Waals surface area contributed by atoms with Crippen molar-refractivity contribution >= 4 is 41.5 Å². The van der Waals surface area contributed by atoms with Gasteiger partial charge in [-0.15, -0.1) is 0 Å². The lowest BCUT2D eigenvalue weighted by atomic mass is 10.1. The summed E-state index contributed by atoms with van der Waals surface area (Å²) in [5.41, 5.74) is 3.65. The third-order valence-corrected chi connectivity index (χ3v) is 3.81. The van der Waals surface area contributed by atoms with E-state index in [-0.39, 0.29) is 38.6 Å². The fourth-order valence-electron chi connectivity index (χ4n) is 2.23. The molecule has 16 nitrogen and oxygen atoms in total. The normalized spacial score (nSPS) is 11.9. The van der Waals surface area contributed by atoms with Gasteiger partial charge in [-0.25, -0.2) is 21.3 Å². The van der Waals surface area contributed by atoms with Gasteiger partial charge in [0.15, 0.2) is 0 Å². The van der Waals surface area contributed by atoms with Crippen molar-refractivity contribution in [1.29, 1.82) is 0 Å². The number of nitrogens with one attached hydrogen (secondary N) is 5. The predicted molar refractivity (Wildman–Crippen MR) is 99.9 cm³/mol. The van der Waals surface area contributed by atoms with Gasteiger partial charge in [0.2, 0.25) is 11.8 Å². The molecule has 0 heterocycles. The quantitative estimate of drug-likeness (QED) is 0.0450. The van der Waals surface area contributed by atoms with E-state index in [4.69, 9.17) is 21.9 Å². The zero-order valence-electron chi connectivity index (χ0n) is 16.3. The second-order valence-electron chi connectivity index (χ2n) is 6.06. The summed E-state index contributed by atoms with van der Waals surface area (Å²) in [6.07, 6.45) is -0.173. The molecule has 0 aliphatic carbocycles. The summed E-state index contributed by atoms with van der Waals surface area (Å²) in [7, 11) is 0. The topological polar surface area (TPSA) is 272 Å². The highest BCUT2D eigenvalue weighted by Crippen LogP contribution is 2.04. The molecule has 0 spiro atoms. The molecular formula is C15H25N7O9. The Morgan fingerprint density at radius 2 is 1.29 bits per heavy atom. The van der Waals surface area contributed by atoms with Gasteiger partial charge in [-0.1, -0.05) is 0 Å². The maximum absolute atomic E-state index is 12.5. The van der Waals surface area contributed by atoms with Crippen molar-refractivity contribution in [3.8, 4) is 0 Å². The van der Waals surface area contributed by atoms with Crippen LogP contribution in [-0.4, -0.2) is 70.3 Å². The first-order valence-corrected chi connectivity index (χ1v) is 8.88. The Balaban J connectivity index is 5.03. The highest BCUT2D eigenvalue weighted by atomic mass is 16.4. The molecule has 31 heavy (non-hydrogen) atoms. The molecule has 0 bridgehead atoms. The lowest BCUT2D eigenvalue weighted by Crippen LogP contribution is -2.55. The molecule has 0 aromatic rings. The maximum Gasteiger partial charge on any atom is 0.394 e. The molecule has 0 aliphatic heterocycles. The summed E-state index contributed by atoms with van der Waals surface area (Å²) in [5, 5.41) is 23.5. The third kappa shape index (κ3) is 11.1. The molecule has 0 saturated heterocycles. The van der Waals surface area contributed by atoms with Gasteiger partial charge in [0, 0.05) is 13.0 Å². The van der Waals surface area contributed by atoms with Gasteiger partial charge in [-0.2, -0.15) is 0 Å². The van der Waals surface area contributed by atoms with Crippen LogP contribution in [0.1, 0.15) is 32.1 Å². The average molecular weight is 447 g/mol. The number of hydrogen-bond donors (Lipinski definition) is 9. The number of nitrogens with two attached hydrogens (primary N) is 2. The van der Waals surface area contributed by atoms with E-state index in [2.05, 4.69) is 10.6 Å². The van der Waals surface area contributed by atoms with E-state index < -0.39 is 53.6 Å². The Hall–Kier alpha value is -3.79. The molecule has 0 aromatic carbocycles. The number of carbonyl (C=O) groups is 7. The zero-order chi connectivity index (χ0) is 24.0. The highest BCUT2D eigenvalue weighted by Gasteiger charge is 2.28. The Morgan fingerprint density at radius 3 is 1.81 bits per heavy atom. The van der Waals surface area contributed by atoms with Gasteiger partial charge >= 0.3 is 23.8 Å². The Bertz CT molecular complexity index is 713. The number of rotatable bonds is 12. The standard InChI is InChI=1S/C15H25N7O9/c16-21-9(23)5-4-8(11(25)22-17)19-10(24)7(20-13(27)15(30)31)3-1-2-6-18-12(26)14(28)29/h7-8H,1-6,16-17H2,(H,18,26)(H,19,24)(H,20,27)(H,21,23)(H,22,25)(H,28,29)(H,30,31)/t7-,8-/m0/s1. The van der Waals surface area contributed by atoms with E-state index in [1.54, 1.807) is 5.43 Å². The van der Waals surface area contributed by atoms with E-state index in [0.29, 0.717) is 0 Å². The van der Waals surface area contributed by atoms with Crippen LogP contribution in [0.25, 0.3) is 0 Å². The van der Waals surface area contributed by atoms with Crippen LogP contribution in [0.2, 0.25) is 0 Å². The fraction of sp³-hybridized carbons (Fsp3) is 0.533. The molecule has 0 fully saturated rings. The molecule has 0 aliphatic rings. The number of carboxylic acid groups (broad SMARTS) is 2. The van der Waals surface area contributed by atoms with E-state index in [0.717, 1.165) is 0 Å². The summed E-state index contributed by atoms with van der Waals surface area (Å²) < 4.78 is 0. The molecule has 2 atom stereocenters. The Morgan fingerprint density at radius 1 is 0.710 bits per heavy atom. The molecule has 0 rings (SSSR count). The SMILES string of the molecule is NNC(=O)CC[C@H](NC(=O)[C@H](CCCCNC(=O)C(=O)O)NC(=O)C(=O)O)C(=O)NN. The number of amides is 5. The van der Waals surface area contributed by atoms with Crippen molar-refractivity contribution in [1.82, 2.24) is 26.8 Å². The number of hydrazine groups is 2. The summed E-state index contributed by atoms with van der Waals surface area (Å²) in [6, 6.07) is -2.66. The van der Waals surface area contributed by atoms with Crippen molar-refractivity contribution in [2.45, 2.75) is 44.2 Å². The minimum atomic E-state index is -1.85. The molecular weight excluding hydrogens is 422 g/mol. The molecule has 0 unspecified atom stereocenters. The predicted octanol–water partition coefficient (Wildman–Crippen LogP) is -4.83. The molecule has 0 radical (unpaired) electrons. The molecule has 5 amide bonds. The van der Waals surface area contributed by atoms with Crippen LogP contribution < -0.4 is 38.5 Å². The second-order valence-corrected chi connectivity index (χ2v) is 6.06. The molecule has 174 valence electrons. The van der Waals surface area contributed by atoms with E-state index >= 15 is 0 Å². The number of aliphatic carboxylic acids is 2. The van der Waals surface area contributed by atoms with Crippen LogP contribution in [-0.2, 0) is 33.6 Å². The highest BCUT2D eigenvalue weighted by molar-refractivity contribution is 6.32. The Kier molecular flexibility index (Phi) is 12.5. The summed E-state index contributed by atoms with van der Waals surface area (Å²) in [4.78, 5) is 79.2. The monoisotopic (exact) mass is 447 g/mol. The van der Waals surface area contributed by atoms with Crippen LogP contribution in [0.5, 0.6) is 0 Å². The minimum Gasteiger partial charge on any atom is -0.474 e.